The molecule has 1 heterocycles. The van der Waals surface area contributed by atoms with Crippen LogP contribution in [0.5, 0.6) is 0 Å². The maximum Gasteiger partial charge on any atom is 0.0524 e. The van der Waals surface area contributed by atoms with Crippen molar-refractivity contribution in [2.24, 2.45) is 5.73 Å². The Morgan fingerprint density at radius 1 is 1.64 bits per heavy atom. The fourth-order valence-corrected chi connectivity index (χ4v) is 2.34. The van der Waals surface area contributed by atoms with Crippen LogP contribution in [0.3, 0.4) is 0 Å². The smallest absolute Gasteiger partial charge is 0.0524 e. The highest BCUT2D eigenvalue weighted by Gasteiger charge is 2.05. The van der Waals surface area contributed by atoms with Crippen molar-refractivity contribution in [3.8, 4) is 0 Å². The number of aromatic nitrogens is 2. The molecular formula is C9H17N3OS. The van der Waals surface area contributed by atoms with E-state index in [2.05, 4.69) is 5.10 Å². The molecule has 80 valence electrons. The van der Waals surface area contributed by atoms with E-state index in [-0.39, 0.29) is 6.04 Å². The maximum absolute atomic E-state index is 11.5. The average molecular weight is 215 g/mol. The Bertz CT molecular complexity index is 274. The third-order valence-electron chi connectivity index (χ3n) is 2.03. The molecule has 0 amide bonds. The Hall–Kier alpha value is -0.680. The zero-order chi connectivity index (χ0) is 10.4. The molecule has 0 saturated carbocycles. The first kappa shape index (κ1) is 11.4. The van der Waals surface area contributed by atoms with Crippen LogP contribution < -0.4 is 5.73 Å². The van der Waals surface area contributed by atoms with E-state index in [1.54, 1.807) is 10.9 Å². The fraction of sp³-hybridized carbons (Fsp3) is 0.667. The molecule has 4 nitrogen and oxygen atoms in total. The lowest BCUT2D eigenvalue weighted by atomic mass is 10.3. The molecule has 5 heteroatoms. The van der Waals surface area contributed by atoms with Crippen molar-refractivity contribution in [3.05, 3.63) is 18.5 Å². The summed E-state index contributed by atoms with van der Waals surface area (Å²) in [5.74, 6) is 1.23. The highest BCUT2D eigenvalue weighted by Crippen LogP contribution is 1.93. The van der Waals surface area contributed by atoms with Crippen LogP contribution in [0.2, 0.25) is 0 Å². The first-order valence-corrected chi connectivity index (χ1v) is 6.29. The molecule has 0 aromatic carbocycles. The van der Waals surface area contributed by atoms with Crippen molar-refractivity contribution in [3.63, 3.8) is 0 Å². The van der Waals surface area contributed by atoms with Crippen LogP contribution in [0, 0.1) is 0 Å². The third-order valence-corrected chi connectivity index (χ3v) is 3.47. The summed E-state index contributed by atoms with van der Waals surface area (Å²) in [7, 11) is -0.820. The molecular weight excluding hydrogens is 198 g/mol. The summed E-state index contributed by atoms with van der Waals surface area (Å²) in [6.07, 6.45) is 4.48. The quantitative estimate of drug-likeness (QED) is 0.745. The normalized spacial score (nSPS) is 15.3. The van der Waals surface area contributed by atoms with Gasteiger partial charge in [-0.3, -0.25) is 8.89 Å². The Morgan fingerprint density at radius 2 is 2.43 bits per heavy atom. The first-order chi connectivity index (χ1) is 6.72. The Kier molecular flexibility index (Phi) is 4.82. The summed E-state index contributed by atoms with van der Waals surface area (Å²) >= 11 is 0. The van der Waals surface area contributed by atoms with Gasteiger partial charge in [0, 0.05) is 40.7 Å². The second-order valence-electron chi connectivity index (χ2n) is 3.25. The van der Waals surface area contributed by atoms with E-state index >= 15 is 0 Å². The van der Waals surface area contributed by atoms with Crippen LogP contribution in [0.25, 0.3) is 0 Å². The maximum atomic E-state index is 11.5. The van der Waals surface area contributed by atoms with Gasteiger partial charge in [-0.1, -0.05) is 6.92 Å². The molecule has 1 aromatic rings. The van der Waals surface area contributed by atoms with Gasteiger partial charge in [0.15, 0.2) is 0 Å². The predicted octanol–water partition coefficient (Wildman–Crippen LogP) is 0.369. The molecule has 0 aliphatic carbocycles. The van der Waals surface area contributed by atoms with Crippen molar-refractivity contribution in [2.75, 3.05) is 11.5 Å². The van der Waals surface area contributed by atoms with Crippen LogP contribution in [-0.2, 0) is 17.3 Å². The van der Waals surface area contributed by atoms with E-state index in [0.717, 1.165) is 6.42 Å². The lowest BCUT2D eigenvalue weighted by Crippen LogP contribution is -2.27. The number of rotatable bonds is 6. The molecule has 0 bridgehead atoms. The molecule has 14 heavy (non-hydrogen) atoms. The van der Waals surface area contributed by atoms with Gasteiger partial charge in [-0.25, -0.2) is 0 Å². The van der Waals surface area contributed by atoms with Gasteiger partial charge in [0.25, 0.3) is 0 Å². The van der Waals surface area contributed by atoms with Gasteiger partial charge >= 0.3 is 0 Å². The molecule has 0 saturated heterocycles. The standard InChI is InChI=1S/C9H17N3OS/c1-2-9(10)8-14(13)7-6-12-5-3-4-11-12/h3-5,9H,2,6-8,10H2,1H3. The molecule has 2 N–H and O–H groups in total. The van der Waals surface area contributed by atoms with Gasteiger partial charge < -0.3 is 5.73 Å². The molecule has 0 aliphatic heterocycles. The van der Waals surface area contributed by atoms with E-state index in [4.69, 9.17) is 5.73 Å². The Balaban J connectivity index is 2.22. The van der Waals surface area contributed by atoms with Gasteiger partial charge in [0.2, 0.25) is 0 Å². The molecule has 1 aromatic heterocycles. The van der Waals surface area contributed by atoms with E-state index in [0.29, 0.717) is 18.1 Å². The summed E-state index contributed by atoms with van der Waals surface area (Å²) < 4.78 is 13.3. The van der Waals surface area contributed by atoms with Gasteiger partial charge in [0.1, 0.15) is 0 Å². The van der Waals surface area contributed by atoms with Gasteiger partial charge in [-0.15, -0.1) is 0 Å². The number of hydrogen-bond donors (Lipinski definition) is 1. The molecule has 0 fully saturated rings. The minimum absolute atomic E-state index is 0.0634. The second kappa shape index (κ2) is 5.93. The largest absolute Gasteiger partial charge is 0.327 e. The third kappa shape index (κ3) is 4.02. The summed E-state index contributed by atoms with van der Waals surface area (Å²) in [4.78, 5) is 0. The van der Waals surface area contributed by atoms with Crippen molar-refractivity contribution in [1.29, 1.82) is 0 Å². The van der Waals surface area contributed by atoms with Crippen LogP contribution in [-0.4, -0.2) is 31.5 Å². The lowest BCUT2D eigenvalue weighted by molar-refractivity contribution is 0.635. The molecule has 0 spiro atoms. The SMILES string of the molecule is CCC(N)CS(=O)CCn1cccn1. The minimum Gasteiger partial charge on any atom is -0.327 e. The summed E-state index contributed by atoms with van der Waals surface area (Å²) in [6.45, 7) is 2.71. The highest BCUT2D eigenvalue weighted by molar-refractivity contribution is 7.85. The molecule has 2 atom stereocenters. The van der Waals surface area contributed by atoms with E-state index < -0.39 is 10.8 Å². The van der Waals surface area contributed by atoms with Crippen molar-refractivity contribution in [2.45, 2.75) is 25.9 Å². The molecule has 1 rings (SSSR count). The second-order valence-corrected chi connectivity index (χ2v) is 4.87. The Morgan fingerprint density at radius 3 is 3.00 bits per heavy atom. The van der Waals surface area contributed by atoms with Crippen molar-refractivity contribution < 1.29 is 4.21 Å². The van der Waals surface area contributed by atoms with E-state index in [9.17, 15) is 4.21 Å². The van der Waals surface area contributed by atoms with Crippen LogP contribution >= 0.6 is 0 Å². The molecule has 0 aliphatic rings. The summed E-state index contributed by atoms with van der Waals surface area (Å²) in [5.41, 5.74) is 5.71. The summed E-state index contributed by atoms with van der Waals surface area (Å²) in [5, 5.41) is 4.04. The topological polar surface area (TPSA) is 60.9 Å². The number of nitrogens with two attached hydrogens (primary N) is 1. The highest BCUT2D eigenvalue weighted by atomic mass is 32.2. The van der Waals surface area contributed by atoms with Crippen LogP contribution in [0.15, 0.2) is 18.5 Å². The van der Waals surface area contributed by atoms with Crippen molar-refractivity contribution in [1.82, 2.24) is 9.78 Å². The number of nitrogens with zero attached hydrogens (tertiary/aromatic N) is 2. The van der Waals surface area contributed by atoms with Gasteiger partial charge in [-0.2, -0.15) is 5.10 Å². The van der Waals surface area contributed by atoms with E-state index in [1.165, 1.54) is 0 Å². The van der Waals surface area contributed by atoms with Crippen LogP contribution in [0.1, 0.15) is 13.3 Å². The number of aryl methyl sites for hydroxylation is 1. The lowest BCUT2D eigenvalue weighted by Gasteiger charge is -2.07. The fourth-order valence-electron chi connectivity index (χ4n) is 1.07. The minimum atomic E-state index is -0.820. The molecule has 2 unspecified atom stereocenters. The van der Waals surface area contributed by atoms with Crippen molar-refractivity contribution >= 4 is 10.8 Å². The summed E-state index contributed by atoms with van der Waals surface area (Å²) in [6, 6.07) is 1.93. The monoisotopic (exact) mass is 215 g/mol. The van der Waals surface area contributed by atoms with Crippen LogP contribution in [0.4, 0.5) is 0 Å². The zero-order valence-electron chi connectivity index (χ0n) is 8.43. The Labute approximate surface area is 86.9 Å². The van der Waals surface area contributed by atoms with Gasteiger partial charge in [0.05, 0.1) is 6.54 Å². The predicted molar refractivity (Wildman–Crippen MR) is 58.4 cm³/mol. The average Bonchev–Trinajstić information content (AvgIpc) is 2.67. The first-order valence-electron chi connectivity index (χ1n) is 4.80. The van der Waals surface area contributed by atoms with Gasteiger partial charge in [-0.05, 0) is 12.5 Å². The van der Waals surface area contributed by atoms with E-state index in [1.807, 2.05) is 19.2 Å². The molecule has 0 radical (unpaired) electrons. The zero-order valence-corrected chi connectivity index (χ0v) is 9.24. The number of hydrogen-bond acceptors (Lipinski definition) is 3.